The van der Waals surface area contributed by atoms with Crippen LogP contribution in [0.3, 0.4) is 0 Å². The first kappa shape index (κ1) is 9.60. The van der Waals surface area contributed by atoms with Crippen molar-refractivity contribution >= 4 is 5.97 Å². The molecule has 0 bridgehead atoms. The van der Waals surface area contributed by atoms with Crippen LogP contribution in [0.15, 0.2) is 18.2 Å². The predicted octanol–water partition coefficient (Wildman–Crippen LogP) is 0.695. The molecule has 1 atom stereocenters. The number of aliphatic carboxylic acids is 1. The Bertz CT molecular complexity index is 317. The molecule has 0 amide bonds. The van der Waals surface area contributed by atoms with Gasteiger partial charge in [0.05, 0.1) is 18.2 Å². The Hall–Kier alpha value is -1.49. The average molecular weight is 184 g/mol. The smallest absolute Gasteiger partial charge is 0.305 e. The van der Waals surface area contributed by atoms with Gasteiger partial charge in [-0.15, -0.1) is 0 Å². The minimum Gasteiger partial charge on any atom is -0.481 e. The van der Waals surface area contributed by atoms with E-state index in [1.165, 1.54) is 18.2 Å². The number of hydrogen-bond acceptors (Lipinski definition) is 3. The van der Waals surface area contributed by atoms with Gasteiger partial charge in [0.1, 0.15) is 0 Å². The molecular weight excluding hydrogens is 175 g/mol. The van der Waals surface area contributed by atoms with Crippen molar-refractivity contribution in [1.29, 1.82) is 0 Å². The van der Waals surface area contributed by atoms with Gasteiger partial charge in [0, 0.05) is 0 Å². The van der Waals surface area contributed by atoms with E-state index in [4.69, 9.17) is 10.8 Å². The topological polar surface area (TPSA) is 76.2 Å². The molecule has 0 radical (unpaired) electrons. The number of pyridine rings is 1. The fourth-order valence-corrected chi connectivity index (χ4v) is 0.923. The molecule has 70 valence electrons. The maximum Gasteiger partial charge on any atom is 0.305 e. The second kappa shape index (κ2) is 3.95. The quantitative estimate of drug-likeness (QED) is 0.678. The van der Waals surface area contributed by atoms with Crippen molar-refractivity contribution < 1.29 is 14.3 Å². The highest BCUT2D eigenvalue weighted by molar-refractivity contribution is 5.67. The van der Waals surface area contributed by atoms with Crippen molar-refractivity contribution in [2.75, 3.05) is 0 Å². The summed E-state index contributed by atoms with van der Waals surface area (Å²) in [5, 5.41) is 8.41. The third kappa shape index (κ3) is 2.79. The Labute approximate surface area is 74.2 Å². The van der Waals surface area contributed by atoms with Crippen molar-refractivity contribution in [3.8, 4) is 0 Å². The highest BCUT2D eigenvalue weighted by Gasteiger charge is 2.11. The Morgan fingerprint density at radius 3 is 2.92 bits per heavy atom. The normalized spacial score (nSPS) is 12.5. The minimum atomic E-state index is -1.03. The largest absolute Gasteiger partial charge is 0.481 e. The molecule has 0 fully saturated rings. The van der Waals surface area contributed by atoms with Gasteiger partial charge in [-0.05, 0) is 12.1 Å². The van der Waals surface area contributed by atoms with Gasteiger partial charge in [0.15, 0.2) is 0 Å². The summed E-state index contributed by atoms with van der Waals surface area (Å²) < 4.78 is 12.6. The number of carboxylic acids is 1. The lowest BCUT2D eigenvalue weighted by atomic mass is 10.1. The number of hydrogen-bond donors (Lipinski definition) is 2. The van der Waals surface area contributed by atoms with Crippen LogP contribution >= 0.6 is 0 Å². The van der Waals surface area contributed by atoms with Gasteiger partial charge >= 0.3 is 5.97 Å². The summed E-state index contributed by atoms with van der Waals surface area (Å²) in [6.07, 6.45) is -0.254. The second-order valence-corrected chi connectivity index (χ2v) is 2.59. The number of nitrogens with zero attached hydrogens (tertiary/aromatic N) is 1. The molecule has 1 rings (SSSR count). The van der Waals surface area contributed by atoms with Gasteiger partial charge in [-0.25, -0.2) is 4.98 Å². The van der Waals surface area contributed by atoms with Crippen LogP contribution in [0.2, 0.25) is 0 Å². The number of carboxylic acid groups (broad SMARTS) is 1. The molecule has 0 aliphatic heterocycles. The Morgan fingerprint density at radius 1 is 1.69 bits per heavy atom. The van der Waals surface area contributed by atoms with Crippen LogP contribution < -0.4 is 5.73 Å². The van der Waals surface area contributed by atoms with E-state index in [1.54, 1.807) is 0 Å². The van der Waals surface area contributed by atoms with E-state index in [0.717, 1.165) is 0 Å². The summed E-state index contributed by atoms with van der Waals surface area (Å²) in [5.41, 5.74) is 5.71. The number of aromatic nitrogens is 1. The Kier molecular flexibility index (Phi) is 2.92. The molecule has 4 nitrogen and oxygen atoms in total. The van der Waals surface area contributed by atoms with Crippen LogP contribution in [0.5, 0.6) is 0 Å². The number of rotatable bonds is 3. The van der Waals surface area contributed by atoms with Gasteiger partial charge in [-0.1, -0.05) is 6.07 Å². The summed E-state index contributed by atoms with van der Waals surface area (Å²) >= 11 is 0. The molecule has 1 aromatic rings. The number of nitrogens with two attached hydrogens (primary N) is 1. The van der Waals surface area contributed by atoms with Gasteiger partial charge in [-0.3, -0.25) is 4.79 Å². The molecule has 0 unspecified atom stereocenters. The van der Waals surface area contributed by atoms with E-state index in [1.807, 2.05) is 0 Å². The molecule has 13 heavy (non-hydrogen) atoms. The van der Waals surface area contributed by atoms with Crippen LogP contribution in [0.25, 0.3) is 0 Å². The molecule has 0 aliphatic carbocycles. The maximum atomic E-state index is 12.6. The van der Waals surface area contributed by atoms with E-state index in [9.17, 15) is 9.18 Å². The molecule has 3 N–H and O–H groups in total. The predicted molar refractivity (Wildman–Crippen MR) is 43.4 cm³/mol. The summed E-state index contributed by atoms with van der Waals surface area (Å²) in [6, 6.07) is 3.36. The molecule has 0 aliphatic rings. The summed E-state index contributed by atoms with van der Waals surface area (Å²) in [7, 11) is 0. The zero-order valence-corrected chi connectivity index (χ0v) is 6.77. The monoisotopic (exact) mass is 184 g/mol. The van der Waals surface area contributed by atoms with Crippen LogP contribution in [0, 0.1) is 5.95 Å². The summed E-state index contributed by atoms with van der Waals surface area (Å²) in [5.74, 6) is -1.68. The summed E-state index contributed by atoms with van der Waals surface area (Å²) in [4.78, 5) is 13.7. The lowest BCUT2D eigenvalue weighted by Gasteiger charge is -2.07. The maximum absolute atomic E-state index is 12.6. The average Bonchev–Trinajstić information content (AvgIpc) is 2.03. The zero-order chi connectivity index (χ0) is 9.84. The van der Waals surface area contributed by atoms with Crippen LogP contribution in [-0.2, 0) is 4.79 Å². The fourth-order valence-electron chi connectivity index (χ4n) is 0.923. The van der Waals surface area contributed by atoms with Crippen molar-refractivity contribution in [2.24, 2.45) is 5.73 Å². The van der Waals surface area contributed by atoms with Crippen molar-refractivity contribution in [3.63, 3.8) is 0 Å². The number of carbonyl (C=O) groups is 1. The third-order valence-electron chi connectivity index (χ3n) is 1.51. The van der Waals surface area contributed by atoms with Crippen LogP contribution in [0.1, 0.15) is 18.2 Å². The van der Waals surface area contributed by atoms with E-state index in [-0.39, 0.29) is 12.1 Å². The standard InChI is InChI=1S/C8H9FN2O2/c9-7-3-1-2-6(11-7)5(10)4-8(12)13/h1-3,5H,4,10H2,(H,12,13)/t5-/m0/s1. The van der Waals surface area contributed by atoms with Crippen molar-refractivity contribution in [1.82, 2.24) is 4.98 Å². The third-order valence-corrected chi connectivity index (χ3v) is 1.51. The molecule has 1 aromatic heterocycles. The fraction of sp³-hybridized carbons (Fsp3) is 0.250. The van der Waals surface area contributed by atoms with Crippen molar-refractivity contribution in [3.05, 3.63) is 29.8 Å². The highest BCUT2D eigenvalue weighted by Crippen LogP contribution is 2.10. The Balaban J connectivity index is 2.76. The van der Waals surface area contributed by atoms with Gasteiger partial charge in [0.25, 0.3) is 0 Å². The molecule has 0 saturated carbocycles. The molecule has 0 aromatic carbocycles. The molecule has 1 heterocycles. The zero-order valence-electron chi connectivity index (χ0n) is 6.77. The lowest BCUT2D eigenvalue weighted by Crippen LogP contribution is -2.16. The molecule has 5 heteroatoms. The van der Waals surface area contributed by atoms with Crippen molar-refractivity contribution in [2.45, 2.75) is 12.5 Å². The van der Waals surface area contributed by atoms with E-state index >= 15 is 0 Å². The van der Waals surface area contributed by atoms with E-state index in [2.05, 4.69) is 4.98 Å². The first-order valence-electron chi connectivity index (χ1n) is 3.69. The lowest BCUT2D eigenvalue weighted by molar-refractivity contribution is -0.137. The van der Waals surface area contributed by atoms with Gasteiger partial charge < -0.3 is 10.8 Å². The van der Waals surface area contributed by atoms with Gasteiger partial charge in [-0.2, -0.15) is 4.39 Å². The molecule has 0 spiro atoms. The van der Waals surface area contributed by atoms with Crippen LogP contribution in [0.4, 0.5) is 4.39 Å². The first-order valence-corrected chi connectivity index (χ1v) is 3.69. The van der Waals surface area contributed by atoms with E-state index < -0.39 is 18.0 Å². The van der Waals surface area contributed by atoms with E-state index in [0.29, 0.717) is 0 Å². The minimum absolute atomic E-state index is 0.252. The first-order chi connectivity index (χ1) is 6.09. The van der Waals surface area contributed by atoms with Gasteiger partial charge in [0.2, 0.25) is 5.95 Å². The summed E-state index contributed by atoms with van der Waals surface area (Å²) in [6.45, 7) is 0. The number of halogens is 1. The molecule has 0 saturated heterocycles. The second-order valence-electron chi connectivity index (χ2n) is 2.59. The van der Waals surface area contributed by atoms with Crippen LogP contribution in [-0.4, -0.2) is 16.1 Å². The Morgan fingerprint density at radius 2 is 2.38 bits per heavy atom. The molecular formula is C8H9FN2O2. The SMILES string of the molecule is N[C@@H](CC(=O)O)c1cccc(F)n1. The highest BCUT2D eigenvalue weighted by atomic mass is 19.1.